The average molecular weight is 461 g/mol. The molecule has 0 saturated heterocycles. The zero-order chi connectivity index (χ0) is 22.8. The van der Waals surface area contributed by atoms with E-state index < -0.39 is 10.0 Å². The maximum Gasteiger partial charge on any atom is 0.242 e. The summed E-state index contributed by atoms with van der Waals surface area (Å²) in [5.74, 6) is -0.224. The van der Waals surface area contributed by atoms with Gasteiger partial charge in [0.15, 0.2) is 0 Å². The molecule has 0 aliphatic rings. The lowest BCUT2D eigenvalue weighted by Crippen LogP contribution is -2.22. The minimum atomic E-state index is -3.60. The van der Waals surface area contributed by atoms with Crippen molar-refractivity contribution in [3.05, 3.63) is 53.1 Å². The number of tetrazole rings is 1. The lowest BCUT2D eigenvalue weighted by Gasteiger charge is -2.14. The maximum atomic E-state index is 12.6. The molecule has 1 N–H and O–H groups in total. The number of hydrogen-bond donors (Lipinski definition) is 1. The van der Waals surface area contributed by atoms with Crippen molar-refractivity contribution in [2.24, 2.45) is 0 Å². The quantitative estimate of drug-likeness (QED) is 0.540. The fourth-order valence-corrected chi connectivity index (χ4v) is 4.40. The van der Waals surface area contributed by atoms with E-state index in [1.165, 1.54) is 38.0 Å². The molecule has 1 amide bonds. The largest absolute Gasteiger partial charge is 0.325 e. The van der Waals surface area contributed by atoms with Crippen LogP contribution in [0.25, 0.3) is 5.69 Å². The standard InChI is InChI=1S/C20H24N6O3S2/c1-13-6-7-15(3)18(10-13)26-20(22-23-24-26)30-12-19(27)21-17-11-16(9-8-14(17)2)31(28,29)25(4)5/h6-11H,12H2,1-5H3,(H,21,27). The van der Waals surface area contributed by atoms with Gasteiger partial charge in [0, 0.05) is 19.8 Å². The number of carbonyl (C=O) groups excluding carboxylic acids is 1. The first kappa shape index (κ1) is 22.9. The minimum absolute atomic E-state index is 0.0648. The average Bonchev–Trinajstić information content (AvgIpc) is 3.18. The van der Waals surface area contributed by atoms with E-state index in [-0.39, 0.29) is 16.6 Å². The van der Waals surface area contributed by atoms with E-state index >= 15 is 0 Å². The molecule has 2 aromatic carbocycles. The van der Waals surface area contributed by atoms with Crippen molar-refractivity contribution < 1.29 is 13.2 Å². The van der Waals surface area contributed by atoms with Gasteiger partial charge in [-0.25, -0.2) is 12.7 Å². The van der Waals surface area contributed by atoms with Gasteiger partial charge in [0.05, 0.1) is 16.3 Å². The Labute approximate surface area is 185 Å². The molecule has 0 bridgehead atoms. The summed E-state index contributed by atoms with van der Waals surface area (Å²) < 4.78 is 27.5. The third-order valence-corrected chi connectivity index (χ3v) is 7.36. The second kappa shape index (κ2) is 9.16. The molecule has 0 aliphatic heterocycles. The van der Waals surface area contributed by atoms with Crippen molar-refractivity contribution in [2.45, 2.75) is 30.8 Å². The summed E-state index contributed by atoms with van der Waals surface area (Å²) in [5, 5.41) is 15.1. The van der Waals surface area contributed by atoms with Crippen molar-refractivity contribution in [2.75, 3.05) is 25.2 Å². The molecule has 164 valence electrons. The molecule has 0 atom stereocenters. The summed E-state index contributed by atoms with van der Waals surface area (Å²) in [6.45, 7) is 5.76. The number of amides is 1. The van der Waals surface area contributed by atoms with E-state index in [0.29, 0.717) is 10.8 Å². The van der Waals surface area contributed by atoms with Gasteiger partial charge < -0.3 is 5.32 Å². The number of nitrogens with one attached hydrogen (secondary N) is 1. The molecule has 0 aliphatic carbocycles. The number of nitrogens with zero attached hydrogens (tertiary/aromatic N) is 5. The summed E-state index contributed by atoms with van der Waals surface area (Å²) in [6, 6.07) is 10.6. The third-order valence-electron chi connectivity index (χ3n) is 4.63. The molecule has 11 heteroatoms. The molecular weight excluding hydrogens is 436 g/mol. The third kappa shape index (κ3) is 5.12. The Morgan fingerprint density at radius 1 is 1.10 bits per heavy atom. The number of benzene rings is 2. The van der Waals surface area contributed by atoms with Crippen molar-refractivity contribution in [1.29, 1.82) is 0 Å². The zero-order valence-electron chi connectivity index (χ0n) is 17.9. The van der Waals surface area contributed by atoms with Crippen LogP contribution in [0.15, 0.2) is 46.5 Å². The van der Waals surface area contributed by atoms with E-state index in [2.05, 4.69) is 20.8 Å². The van der Waals surface area contributed by atoms with E-state index in [4.69, 9.17) is 0 Å². The van der Waals surface area contributed by atoms with E-state index in [9.17, 15) is 13.2 Å². The maximum absolute atomic E-state index is 12.6. The van der Waals surface area contributed by atoms with Crippen LogP contribution in [-0.4, -0.2) is 58.7 Å². The van der Waals surface area contributed by atoms with Crippen molar-refractivity contribution in [1.82, 2.24) is 24.5 Å². The van der Waals surface area contributed by atoms with Crippen molar-refractivity contribution in [3.8, 4) is 5.69 Å². The SMILES string of the molecule is Cc1ccc(C)c(-n2nnnc2SCC(=O)Nc2cc(S(=O)(=O)N(C)C)ccc2C)c1. The van der Waals surface area contributed by atoms with Crippen molar-refractivity contribution >= 4 is 33.4 Å². The van der Waals surface area contributed by atoms with Crippen LogP contribution >= 0.6 is 11.8 Å². The highest BCUT2D eigenvalue weighted by atomic mass is 32.2. The van der Waals surface area contributed by atoms with Gasteiger partial charge in [-0.15, -0.1) is 5.10 Å². The van der Waals surface area contributed by atoms with Crippen molar-refractivity contribution in [3.63, 3.8) is 0 Å². The number of anilines is 1. The molecule has 9 nitrogen and oxygen atoms in total. The van der Waals surface area contributed by atoms with Gasteiger partial charge in [0.25, 0.3) is 0 Å². The summed E-state index contributed by atoms with van der Waals surface area (Å²) in [7, 11) is -0.672. The van der Waals surface area contributed by atoms with E-state index in [0.717, 1.165) is 26.7 Å². The first-order valence-electron chi connectivity index (χ1n) is 9.41. The molecule has 3 rings (SSSR count). The monoisotopic (exact) mass is 460 g/mol. The highest BCUT2D eigenvalue weighted by Gasteiger charge is 2.19. The van der Waals surface area contributed by atoms with Crippen LogP contribution in [0.3, 0.4) is 0 Å². The second-order valence-corrected chi connectivity index (χ2v) is 10.4. The second-order valence-electron chi connectivity index (χ2n) is 7.26. The fourth-order valence-electron chi connectivity index (χ4n) is 2.79. The molecule has 0 unspecified atom stereocenters. The van der Waals surface area contributed by atoms with Crippen LogP contribution in [-0.2, 0) is 14.8 Å². The molecule has 0 spiro atoms. The Morgan fingerprint density at radius 3 is 2.52 bits per heavy atom. The van der Waals surface area contributed by atoms with Crippen LogP contribution in [0.2, 0.25) is 0 Å². The summed E-state index contributed by atoms with van der Waals surface area (Å²) in [4.78, 5) is 12.7. The molecular formula is C20H24N6O3S2. The minimum Gasteiger partial charge on any atom is -0.325 e. The summed E-state index contributed by atoms with van der Waals surface area (Å²) >= 11 is 1.20. The number of thioether (sulfide) groups is 1. The molecule has 0 radical (unpaired) electrons. The molecule has 0 fully saturated rings. The lowest BCUT2D eigenvalue weighted by molar-refractivity contribution is -0.113. The number of hydrogen-bond acceptors (Lipinski definition) is 7. The smallest absolute Gasteiger partial charge is 0.242 e. The lowest BCUT2D eigenvalue weighted by atomic mass is 10.1. The predicted molar refractivity (Wildman–Crippen MR) is 120 cm³/mol. The van der Waals surface area contributed by atoms with Gasteiger partial charge in [0.2, 0.25) is 21.1 Å². The molecule has 1 aromatic heterocycles. The summed E-state index contributed by atoms with van der Waals surface area (Å²) in [5.41, 5.74) is 4.15. The highest BCUT2D eigenvalue weighted by molar-refractivity contribution is 7.99. The highest BCUT2D eigenvalue weighted by Crippen LogP contribution is 2.24. The van der Waals surface area contributed by atoms with Crippen LogP contribution in [0.1, 0.15) is 16.7 Å². The Kier molecular flexibility index (Phi) is 6.77. The predicted octanol–water partition coefficient (Wildman–Crippen LogP) is 2.57. The van der Waals surface area contributed by atoms with Gasteiger partial charge in [-0.3, -0.25) is 4.79 Å². The molecule has 1 heterocycles. The topological polar surface area (TPSA) is 110 Å². The number of aromatic nitrogens is 4. The first-order valence-corrected chi connectivity index (χ1v) is 11.8. The number of aryl methyl sites for hydroxylation is 3. The molecule has 31 heavy (non-hydrogen) atoms. The Bertz CT molecular complexity index is 1220. The number of carbonyl (C=O) groups is 1. The van der Waals surface area contributed by atoms with Crippen LogP contribution in [0, 0.1) is 20.8 Å². The Hall–Kier alpha value is -2.76. The normalized spacial score (nSPS) is 11.7. The van der Waals surface area contributed by atoms with Crippen LogP contribution in [0.5, 0.6) is 0 Å². The zero-order valence-corrected chi connectivity index (χ0v) is 19.6. The number of rotatable bonds is 7. The van der Waals surface area contributed by atoms with Gasteiger partial charge >= 0.3 is 0 Å². The van der Waals surface area contributed by atoms with Gasteiger partial charge in [-0.05, 0) is 66.1 Å². The molecule has 3 aromatic rings. The Balaban J connectivity index is 1.74. The van der Waals surface area contributed by atoms with Gasteiger partial charge in [0.1, 0.15) is 0 Å². The Morgan fingerprint density at radius 2 is 1.81 bits per heavy atom. The van der Waals surface area contributed by atoms with Crippen LogP contribution < -0.4 is 5.32 Å². The van der Waals surface area contributed by atoms with E-state index in [1.807, 2.05) is 32.0 Å². The molecule has 0 saturated carbocycles. The fraction of sp³-hybridized carbons (Fsp3) is 0.300. The van der Waals surface area contributed by atoms with E-state index in [1.54, 1.807) is 17.7 Å². The van der Waals surface area contributed by atoms with Gasteiger partial charge in [-0.2, -0.15) is 4.68 Å². The summed E-state index contributed by atoms with van der Waals surface area (Å²) in [6.07, 6.45) is 0. The first-order chi connectivity index (χ1) is 14.6. The van der Waals surface area contributed by atoms with Crippen LogP contribution in [0.4, 0.5) is 5.69 Å². The van der Waals surface area contributed by atoms with Gasteiger partial charge in [-0.1, -0.05) is 30.0 Å². The number of sulfonamides is 1.